The largest absolute Gasteiger partial charge is 0.393 e. The molecule has 0 saturated carbocycles. The van der Waals surface area contributed by atoms with Crippen LogP contribution in [0.2, 0.25) is 0 Å². The number of halogens is 3. The maximum absolute atomic E-state index is 15.2. The average molecular weight is 450 g/mol. The van der Waals surface area contributed by atoms with Crippen LogP contribution in [0.1, 0.15) is 61.5 Å². The molecule has 3 atom stereocenters. The highest BCUT2D eigenvalue weighted by molar-refractivity contribution is 6.04. The summed E-state index contributed by atoms with van der Waals surface area (Å²) in [6, 6.07) is 1.65. The van der Waals surface area contributed by atoms with E-state index in [1.54, 1.807) is 10.9 Å². The number of aliphatic hydroxyl groups is 1. The van der Waals surface area contributed by atoms with Crippen molar-refractivity contribution in [3.05, 3.63) is 47.5 Å². The number of nitrogens with zero attached hydrogens (tertiary/aromatic N) is 3. The monoisotopic (exact) mass is 450 g/mol. The number of aromatic nitrogens is 2. The van der Waals surface area contributed by atoms with Gasteiger partial charge in [-0.2, -0.15) is 13.9 Å². The summed E-state index contributed by atoms with van der Waals surface area (Å²) in [4.78, 5) is 26.5. The summed E-state index contributed by atoms with van der Waals surface area (Å²) in [6.07, 6.45) is 3.89. The molecule has 0 aliphatic carbocycles. The second-order valence-electron chi connectivity index (χ2n) is 8.75. The summed E-state index contributed by atoms with van der Waals surface area (Å²) < 4.78 is 46.4. The number of carbonyl (C=O) groups is 2. The van der Waals surface area contributed by atoms with Crippen molar-refractivity contribution >= 4 is 17.5 Å². The first kappa shape index (κ1) is 22.3. The number of aliphatic hydroxyl groups excluding tert-OH is 1. The molecule has 2 aliphatic heterocycles. The molecule has 1 aromatic heterocycles. The van der Waals surface area contributed by atoms with Crippen LogP contribution < -0.4 is 5.32 Å². The van der Waals surface area contributed by atoms with Gasteiger partial charge >= 0.3 is 5.92 Å². The molecule has 2 fully saturated rings. The van der Waals surface area contributed by atoms with Crippen molar-refractivity contribution in [2.45, 2.75) is 69.7 Å². The maximum atomic E-state index is 15.2. The zero-order valence-corrected chi connectivity index (χ0v) is 17.8. The van der Waals surface area contributed by atoms with Crippen LogP contribution in [0.4, 0.5) is 18.9 Å². The molecule has 0 radical (unpaired) electrons. The molecule has 2 aromatic rings. The Hall–Kier alpha value is -2.88. The smallest absolute Gasteiger partial charge is 0.352 e. The summed E-state index contributed by atoms with van der Waals surface area (Å²) in [5.41, 5.74) is -0.984. The Morgan fingerprint density at radius 3 is 2.47 bits per heavy atom. The topological polar surface area (TPSA) is 87.5 Å². The fourth-order valence-corrected chi connectivity index (χ4v) is 4.55. The molecule has 1 aromatic carbocycles. The first-order valence-corrected chi connectivity index (χ1v) is 10.6. The molecule has 2 bridgehead atoms. The summed E-state index contributed by atoms with van der Waals surface area (Å²) in [7, 11) is 0. The number of benzene rings is 1. The van der Waals surface area contributed by atoms with E-state index in [1.165, 1.54) is 6.20 Å². The Labute approximate surface area is 183 Å². The van der Waals surface area contributed by atoms with Crippen molar-refractivity contribution in [2.24, 2.45) is 0 Å². The lowest BCUT2D eigenvalue weighted by molar-refractivity contribution is -0.166. The van der Waals surface area contributed by atoms with Crippen molar-refractivity contribution in [2.75, 3.05) is 5.32 Å². The summed E-state index contributed by atoms with van der Waals surface area (Å²) in [5, 5.41) is 16.5. The zero-order valence-electron chi connectivity index (χ0n) is 17.8. The van der Waals surface area contributed by atoms with Crippen LogP contribution in [0.15, 0.2) is 30.6 Å². The molecule has 32 heavy (non-hydrogen) atoms. The van der Waals surface area contributed by atoms with E-state index < -0.39 is 47.3 Å². The number of rotatable bonds is 5. The van der Waals surface area contributed by atoms with Crippen LogP contribution in [0.25, 0.3) is 0 Å². The van der Waals surface area contributed by atoms with Crippen LogP contribution in [0, 0.1) is 5.82 Å². The van der Waals surface area contributed by atoms with Crippen molar-refractivity contribution in [3.8, 4) is 0 Å². The van der Waals surface area contributed by atoms with Crippen LogP contribution in [-0.4, -0.2) is 49.8 Å². The van der Waals surface area contributed by atoms with Crippen molar-refractivity contribution in [1.29, 1.82) is 0 Å². The second-order valence-corrected chi connectivity index (χ2v) is 8.75. The number of anilines is 1. The Kier molecular flexibility index (Phi) is 5.74. The van der Waals surface area contributed by atoms with Gasteiger partial charge in [-0.3, -0.25) is 14.3 Å². The van der Waals surface area contributed by atoms with Gasteiger partial charge in [0.05, 0.1) is 23.6 Å². The van der Waals surface area contributed by atoms with Crippen molar-refractivity contribution in [1.82, 2.24) is 14.7 Å². The van der Waals surface area contributed by atoms with Gasteiger partial charge in [0.1, 0.15) is 5.82 Å². The first-order chi connectivity index (χ1) is 15.1. The Morgan fingerprint density at radius 2 is 1.88 bits per heavy atom. The first-order valence-electron chi connectivity index (χ1n) is 10.6. The molecule has 2 N–H and O–H groups in total. The predicted octanol–water partition coefficient (Wildman–Crippen LogP) is 3.46. The molecule has 10 heteroatoms. The lowest BCUT2D eigenvalue weighted by Crippen LogP contribution is -2.53. The maximum Gasteiger partial charge on any atom is 0.352 e. The summed E-state index contributed by atoms with van der Waals surface area (Å²) in [5.74, 6) is -7.63. The molecule has 2 aliphatic rings. The normalized spacial score (nSPS) is 23.0. The highest BCUT2D eigenvalue weighted by atomic mass is 19.3. The van der Waals surface area contributed by atoms with Gasteiger partial charge < -0.3 is 15.3 Å². The van der Waals surface area contributed by atoms with E-state index in [0.29, 0.717) is 18.5 Å². The predicted molar refractivity (Wildman–Crippen MR) is 110 cm³/mol. The van der Waals surface area contributed by atoms with Crippen LogP contribution >= 0.6 is 0 Å². The second kappa shape index (κ2) is 8.23. The number of hydrogen-bond donors (Lipinski definition) is 2. The molecule has 3 heterocycles. The minimum absolute atomic E-state index is 0.0639. The van der Waals surface area contributed by atoms with Crippen molar-refractivity contribution < 1.29 is 27.9 Å². The van der Waals surface area contributed by atoms with Gasteiger partial charge in [0.15, 0.2) is 0 Å². The summed E-state index contributed by atoms with van der Waals surface area (Å²) >= 11 is 0. The van der Waals surface area contributed by atoms with Gasteiger partial charge in [0, 0.05) is 29.9 Å². The standard InChI is InChI=1S/C22H25F3N4O3/c1-12(2)28-11-14(10-26-28)27-20(31)13-3-6-19(23)18(7-13)22(24,25)21(32)29-15-4-5-16(29)9-17(30)8-15/h3,6-7,10-12,15-17,30H,4-5,8-9H2,1-2H3,(H,27,31)/t15-,16+,17+. The average Bonchev–Trinajstić information content (AvgIpc) is 3.30. The third kappa shape index (κ3) is 3.99. The van der Waals surface area contributed by atoms with Crippen LogP contribution in [0.3, 0.4) is 0 Å². The van der Waals surface area contributed by atoms with Crippen LogP contribution in [0.5, 0.6) is 0 Å². The van der Waals surface area contributed by atoms with Gasteiger partial charge in [-0.1, -0.05) is 0 Å². The quantitative estimate of drug-likeness (QED) is 0.731. The Morgan fingerprint density at radius 1 is 1.22 bits per heavy atom. The minimum atomic E-state index is -4.15. The molecule has 172 valence electrons. The van der Waals surface area contributed by atoms with Gasteiger partial charge in [0.2, 0.25) is 0 Å². The highest BCUT2D eigenvalue weighted by Gasteiger charge is 2.53. The number of fused-ring (bicyclic) bond motifs is 2. The van der Waals surface area contributed by atoms with Crippen molar-refractivity contribution in [3.63, 3.8) is 0 Å². The summed E-state index contributed by atoms with van der Waals surface area (Å²) in [6.45, 7) is 3.80. The lowest BCUT2D eigenvalue weighted by Gasteiger charge is -2.39. The fourth-order valence-electron chi connectivity index (χ4n) is 4.55. The Balaban J connectivity index is 1.57. The van der Waals surface area contributed by atoms with E-state index in [2.05, 4.69) is 10.4 Å². The highest BCUT2D eigenvalue weighted by Crippen LogP contribution is 2.41. The molecule has 0 unspecified atom stereocenters. The third-order valence-corrected chi connectivity index (χ3v) is 6.17. The number of piperidine rings is 1. The van der Waals surface area contributed by atoms with Gasteiger partial charge in [0.25, 0.3) is 11.8 Å². The van der Waals surface area contributed by atoms with Gasteiger partial charge in [-0.25, -0.2) is 4.39 Å². The van der Waals surface area contributed by atoms with E-state index in [-0.39, 0.29) is 24.4 Å². The minimum Gasteiger partial charge on any atom is -0.393 e. The van der Waals surface area contributed by atoms with E-state index in [0.717, 1.165) is 23.1 Å². The lowest BCUT2D eigenvalue weighted by atomic mass is 9.96. The molecule has 0 spiro atoms. The van der Waals surface area contributed by atoms with Crippen LogP contribution in [-0.2, 0) is 10.7 Å². The van der Waals surface area contributed by atoms with E-state index in [4.69, 9.17) is 0 Å². The molecule has 7 nitrogen and oxygen atoms in total. The number of hydrogen-bond acceptors (Lipinski definition) is 4. The molecule has 2 amide bonds. The third-order valence-electron chi connectivity index (χ3n) is 6.17. The van der Waals surface area contributed by atoms with Gasteiger partial charge in [-0.15, -0.1) is 0 Å². The van der Waals surface area contributed by atoms with E-state index >= 15 is 8.78 Å². The molecular weight excluding hydrogens is 425 g/mol. The number of amides is 2. The number of nitrogens with one attached hydrogen (secondary N) is 1. The van der Waals surface area contributed by atoms with E-state index in [9.17, 15) is 19.1 Å². The number of alkyl halides is 2. The number of carbonyl (C=O) groups excluding carboxylic acids is 2. The molecule has 4 rings (SSSR count). The fraction of sp³-hybridized carbons (Fsp3) is 0.500. The zero-order chi connectivity index (χ0) is 23.2. The van der Waals surface area contributed by atoms with E-state index in [1.807, 2.05) is 13.8 Å². The molecular formula is C22H25F3N4O3. The van der Waals surface area contributed by atoms with Gasteiger partial charge in [-0.05, 0) is 57.7 Å². The SMILES string of the molecule is CC(C)n1cc(NC(=O)c2ccc(F)c(C(F)(F)C(=O)N3[C@@H]4CC[C@H]3C[C@@H](O)C4)c2)cn1. The Bertz CT molecular complexity index is 1030. The molecule has 2 saturated heterocycles.